The van der Waals surface area contributed by atoms with Gasteiger partial charge in [-0.2, -0.15) is 13.2 Å². The van der Waals surface area contributed by atoms with E-state index in [4.69, 9.17) is 9.47 Å². The van der Waals surface area contributed by atoms with E-state index in [1.807, 2.05) is 43.3 Å². The maximum Gasteiger partial charge on any atom is 0.501 e. The molecule has 0 aromatic heterocycles. The molecule has 8 nitrogen and oxygen atoms in total. The third-order valence-corrected chi connectivity index (χ3v) is 9.24. The van der Waals surface area contributed by atoms with Crippen LogP contribution < -0.4 is 20.1 Å². The van der Waals surface area contributed by atoms with Crippen LogP contribution >= 0.6 is 0 Å². The van der Waals surface area contributed by atoms with Crippen molar-refractivity contribution >= 4 is 27.3 Å². The van der Waals surface area contributed by atoms with E-state index in [0.717, 1.165) is 35.4 Å². The van der Waals surface area contributed by atoms with Gasteiger partial charge in [0.1, 0.15) is 12.4 Å². The van der Waals surface area contributed by atoms with Gasteiger partial charge in [0.05, 0.1) is 23.5 Å². The van der Waals surface area contributed by atoms with Crippen molar-refractivity contribution in [3.63, 3.8) is 0 Å². The van der Waals surface area contributed by atoms with Crippen molar-refractivity contribution in [2.24, 2.45) is 17.8 Å². The van der Waals surface area contributed by atoms with Crippen LogP contribution in [0, 0.1) is 30.5 Å². The lowest BCUT2D eigenvalue weighted by atomic mass is 9.87. The van der Waals surface area contributed by atoms with Crippen LogP contribution in [-0.4, -0.2) is 38.9 Å². The van der Waals surface area contributed by atoms with Crippen molar-refractivity contribution in [3.8, 4) is 11.5 Å². The Morgan fingerprint density at radius 1 is 0.977 bits per heavy atom. The first-order chi connectivity index (χ1) is 20.8. The van der Waals surface area contributed by atoms with E-state index in [1.54, 1.807) is 0 Å². The highest BCUT2D eigenvalue weighted by Crippen LogP contribution is 2.45. The van der Waals surface area contributed by atoms with Crippen LogP contribution in [0.15, 0.2) is 77.7 Å². The van der Waals surface area contributed by atoms with Crippen LogP contribution in [0.25, 0.3) is 0 Å². The standard InChI is InChI=1S/C31H28F4N2O6S/c1-17-5-3-6-18(11-17)16-43-26-14-23(25(42-2)15-24(26)32)29(38)37-28-20-10-9-19(12-20)27(28)30(39)36-21-7-4-8-22(13-21)44(40,41)31(33,34)35/h3-11,13-15,19-20,27-28H,12,16H2,1-2H3,(H,36,39)(H,37,38)/t19-,20+,27+,28-/m1/s1. The second-order valence-corrected chi connectivity index (χ2v) is 12.6. The monoisotopic (exact) mass is 632 g/mol. The minimum atomic E-state index is -5.62. The van der Waals surface area contributed by atoms with Gasteiger partial charge in [0.25, 0.3) is 15.7 Å². The van der Waals surface area contributed by atoms with Gasteiger partial charge < -0.3 is 20.1 Å². The summed E-state index contributed by atoms with van der Waals surface area (Å²) in [6.07, 6.45) is 4.24. The number of allylic oxidation sites excluding steroid dienone is 1. The summed E-state index contributed by atoms with van der Waals surface area (Å²) < 4.78 is 88.6. The molecule has 2 amide bonds. The highest BCUT2D eigenvalue weighted by molar-refractivity contribution is 7.92. The van der Waals surface area contributed by atoms with E-state index in [2.05, 4.69) is 10.6 Å². The molecule has 232 valence electrons. The number of halogens is 4. The fourth-order valence-electron chi connectivity index (χ4n) is 5.66. The van der Waals surface area contributed by atoms with E-state index < -0.39 is 49.8 Å². The molecule has 0 heterocycles. The molecule has 0 saturated heterocycles. The molecule has 0 radical (unpaired) electrons. The molecular weight excluding hydrogens is 604 g/mol. The Hall–Kier alpha value is -4.39. The van der Waals surface area contributed by atoms with Crippen LogP contribution in [0.4, 0.5) is 23.2 Å². The van der Waals surface area contributed by atoms with Crippen LogP contribution in [0.1, 0.15) is 27.9 Å². The van der Waals surface area contributed by atoms with Crippen molar-refractivity contribution in [3.05, 3.63) is 95.3 Å². The van der Waals surface area contributed by atoms with E-state index in [9.17, 15) is 35.6 Å². The predicted octanol–water partition coefficient (Wildman–Crippen LogP) is 5.57. The number of rotatable bonds is 9. The SMILES string of the molecule is COc1cc(F)c(OCc2cccc(C)c2)cc1C(=O)N[C@H]1[C@@H](C(=O)Nc2cccc(S(=O)(=O)C(F)(F)F)c2)[C@@H]2C=C[C@H]1C2. The Kier molecular flexibility index (Phi) is 8.43. The molecule has 2 bridgehead atoms. The number of aryl methyl sites for hydroxylation is 1. The van der Waals surface area contributed by atoms with Gasteiger partial charge in [-0.1, -0.05) is 48.0 Å². The van der Waals surface area contributed by atoms with Gasteiger partial charge in [0.2, 0.25) is 5.91 Å². The molecule has 2 aliphatic rings. The minimum absolute atomic E-state index is 0.0240. The Morgan fingerprint density at radius 2 is 1.70 bits per heavy atom. The number of hydrogen-bond acceptors (Lipinski definition) is 6. The lowest BCUT2D eigenvalue weighted by Gasteiger charge is -2.28. The van der Waals surface area contributed by atoms with Gasteiger partial charge in [-0.25, -0.2) is 12.8 Å². The highest BCUT2D eigenvalue weighted by atomic mass is 32.2. The lowest BCUT2D eigenvalue weighted by Crippen LogP contribution is -2.47. The molecule has 5 rings (SSSR count). The van der Waals surface area contributed by atoms with Gasteiger partial charge in [-0.05, 0) is 55.0 Å². The summed E-state index contributed by atoms with van der Waals surface area (Å²) in [4.78, 5) is 25.9. The maximum atomic E-state index is 14.8. The Bertz CT molecular complexity index is 1740. The number of hydrogen-bond donors (Lipinski definition) is 2. The number of carbonyl (C=O) groups is 2. The van der Waals surface area contributed by atoms with Crippen molar-refractivity contribution in [2.45, 2.75) is 36.4 Å². The molecule has 3 aromatic rings. The molecular formula is C31H28F4N2O6S. The van der Waals surface area contributed by atoms with E-state index in [1.165, 1.54) is 19.2 Å². The Morgan fingerprint density at radius 3 is 2.41 bits per heavy atom. The van der Waals surface area contributed by atoms with Gasteiger partial charge in [0, 0.05) is 17.8 Å². The third kappa shape index (κ3) is 6.14. The first-order valence-electron chi connectivity index (χ1n) is 13.6. The zero-order valence-corrected chi connectivity index (χ0v) is 24.3. The number of alkyl halides is 3. The van der Waals surface area contributed by atoms with E-state index in [-0.39, 0.29) is 41.2 Å². The van der Waals surface area contributed by atoms with Gasteiger partial charge in [-0.3, -0.25) is 9.59 Å². The predicted molar refractivity (Wildman–Crippen MR) is 152 cm³/mol. The average molecular weight is 633 g/mol. The quantitative estimate of drug-likeness (QED) is 0.236. The molecule has 1 fully saturated rings. The molecule has 0 unspecified atom stereocenters. The summed E-state index contributed by atoms with van der Waals surface area (Å²) in [6, 6.07) is 12.9. The van der Waals surface area contributed by atoms with Crippen LogP contribution in [0.3, 0.4) is 0 Å². The highest BCUT2D eigenvalue weighted by Gasteiger charge is 2.49. The number of sulfone groups is 1. The number of anilines is 1. The summed E-state index contributed by atoms with van der Waals surface area (Å²) in [5.74, 6) is -3.54. The van der Waals surface area contributed by atoms with Crippen molar-refractivity contribution in [2.75, 3.05) is 12.4 Å². The molecule has 2 aliphatic carbocycles. The van der Waals surface area contributed by atoms with Crippen molar-refractivity contribution < 1.29 is 45.0 Å². The fraction of sp³-hybridized carbons (Fsp3) is 0.290. The van der Waals surface area contributed by atoms with Crippen molar-refractivity contribution in [1.29, 1.82) is 0 Å². The van der Waals surface area contributed by atoms with E-state index in [0.29, 0.717) is 6.42 Å². The molecule has 2 N–H and O–H groups in total. The average Bonchev–Trinajstić information content (AvgIpc) is 3.58. The summed E-state index contributed by atoms with van der Waals surface area (Å²) in [6.45, 7) is 1.96. The normalized spacial score (nSPS) is 20.8. The second-order valence-electron chi connectivity index (χ2n) is 10.7. The number of fused-ring (bicyclic) bond motifs is 2. The number of carbonyl (C=O) groups excluding carboxylic acids is 2. The summed E-state index contributed by atoms with van der Waals surface area (Å²) in [5.41, 5.74) is -3.88. The molecule has 0 spiro atoms. The topological polar surface area (TPSA) is 111 Å². The number of nitrogens with one attached hydrogen (secondary N) is 2. The minimum Gasteiger partial charge on any atom is -0.496 e. The third-order valence-electron chi connectivity index (χ3n) is 7.75. The Labute approximate surface area is 251 Å². The Balaban J connectivity index is 1.35. The van der Waals surface area contributed by atoms with Gasteiger partial charge in [-0.15, -0.1) is 0 Å². The maximum absolute atomic E-state index is 14.8. The second kappa shape index (κ2) is 11.9. The van der Waals surface area contributed by atoms with E-state index >= 15 is 0 Å². The van der Waals surface area contributed by atoms with Crippen LogP contribution in [-0.2, 0) is 21.2 Å². The van der Waals surface area contributed by atoms with Crippen molar-refractivity contribution in [1.82, 2.24) is 5.32 Å². The molecule has 1 saturated carbocycles. The first kappa shape index (κ1) is 31.0. The molecule has 44 heavy (non-hydrogen) atoms. The largest absolute Gasteiger partial charge is 0.501 e. The van der Waals surface area contributed by atoms with Gasteiger partial charge in [0.15, 0.2) is 11.6 Å². The number of methoxy groups -OCH3 is 1. The summed E-state index contributed by atoms with van der Waals surface area (Å²) in [5, 5.41) is 5.35. The zero-order valence-electron chi connectivity index (χ0n) is 23.5. The molecule has 0 aliphatic heterocycles. The first-order valence-corrected chi connectivity index (χ1v) is 15.0. The smallest absolute Gasteiger partial charge is 0.496 e. The molecule has 4 atom stereocenters. The fourth-order valence-corrected chi connectivity index (χ4v) is 6.47. The van der Waals surface area contributed by atoms with Crippen LogP contribution in [0.2, 0.25) is 0 Å². The number of amides is 2. The summed E-state index contributed by atoms with van der Waals surface area (Å²) >= 11 is 0. The molecule has 3 aromatic carbocycles. The van der Waals surface area contributed by atoms with Gasteiger partial charge >= 0.3 is 5.51 Å². The number of benzene rings is 3. The summed E-state index contributed by atoms with van der Waals surface area (Å²) in [7, 11) is -4.34. The number of ether oxygens (including phenoxy) is 2. The lowest BCUT2D eigenvalue weighted by molar-refractivity contribution is -0.121. The molecule has 13 heteroatoms. The van der Waals surface area contributed by atoms with Crippen LogP contribution in [0.5, 0.6) is 11.5 Å². The zero-order chi connectivity index (χ0) is 31.8.